The smallest absolute Gasteiger partial charge is 0.213 e. The molecule has 3 fully saturated rings. The number of rotatable bonds is 5. The lowest BCUT2D eigenvalue weighted by atomic mass is 9.61. The number of benzene rings is 2. The highest BCUT2D eigenvalue weighted by molar-refractivity contribution is 7.89. The zero-order chi connectivity index (χ0) is 21.9. The number of hydrogen-bond donors (Lipinski definition) is 1. The predicted octanol–water partition coefficient (Wildman–Crippen LogP) is 3.59. The van der Waals surface area contributed by atoms with Crippen molar-refractivity contribution in [1.29, 1.82) is 0 Å². The molecule has 3 atom stereocenters. The van der Waals surface area contributed by atoms with E-state index in [0.717, 1.165) is 29.7 Å². The molecule has 0 amide bonds. The van der Waals surface area contributed by atoms with Crippen molar-refractivity contribution in [2.45, 2.75) is 38.6 Å². The van der Waals surface area contributed by atoms with E-state index in [1.807, 2.05) is 60.7 Å². The van der Waals surface area contributed by atoms with Gasteiger partial charge >= 0.3 is 0 Å². The molecule has 5 nitrogen and oxygen atoms in total. The predicted molar refractivity (Wildman–Crippen MR) is 122 cm³/mol. The monoisotopic (exact) mass is 436 g/mol. The van der Waals surface area contributed by atoms with Crippen molar-refractivity contribution in [2.24, 2.45) is 21.7 Å². The van der Waals surface area contributed by atoms with Gasteiger partial charge in [-0.1, -0.05) is 74.5 Å². The minimum Gasteiger partial charge on any atom is -0.295 e. The van der Waals surface area contributed by atoms with Gasteiger partial charge in [0.25, 0.3) is 0 Å². The first-order valence-corrected chi connectivity index (χ1v) is 12.6. The Balaban J connectivity index is 1.54. The highest BCUT2D eigenvalue weighted by Crippen LogP contribution is 2.72. The Bertz CT molecular complexity index is 1120. The number of carbonyl (C=O) groups is 1. The molecule has 0 aromatic heterocycles. The zero-order valence-electron chi connectivity index (χ0n) is 18.0. The second-order valence-corrected chi connectivity index (χ2v) is 11.6. The molecule has 1 heterocycles. The Labute approximate surface area is 184 Å². The highest BCUT2D eigenvalue weighted by Gasteiger charge is 2.78. The van der Waals surface area contributed by atoms with E-state index < -0.39 is 21.0 Å². The molecule has 3 aliphatic rings. The largest absolute Gasteiger partial charge is 0.295 e. The van der Waals surface area contributed by atoms with Crippen LogP contribution in [0.1, 0.15) is 44.2 Å². The van der Waals surface area contributed by atoms with Crippen LogP contribution in [0.15, 0.2) is 65.7 Å². The summed E-state index contributed by atoms with van der Waals surface area (Å²) in [6.45, 7) is 4.25. The maximum absolute atomic E-state index is 13.7. The molecule has 0 unspecified atom stereocenters. The van der Waals surface area contributed by atoms with Crippen LogP contribution in [0.4, 0.5) is 0 Å². The van der Waals surface area contributed by atoms with Crippen LogP contribution in [0, 0.1) is 16.7 Å². The molecule has 31 heavy (non-hydrogen) atoms. The van der Waals surface area contributed by atoms with Crippen molar-refractivity contribution in [3.05, 3.63) is 71.8 Å². The molecular weight excluding hydrogens is 408 g/mol. The van der Waals surface area contributed by atoms with Gasteiger partial charge in [0.2, 0.25) is 10.0 Å². The molecule has 162 valence electrons. The number of carbonyl (C=O) groups excluding carboxylic acids is 1. The first-order valence-electron chi connectivity index (χ1n) is 10.9. The molecule has 1 aliphatic heterocycles. The summed E-state index contributed by atoms with van der Waals surface area (Å²) in [5.41, 5.74) is 0.868. The van der Waals surface area contributed by atoms with Crippen LogP contribution in [-0.2, 0) is 14.8 Å². The average molecular weight is 437 g/mol. The SMILES string of the molecule is CC1(C)[C@@H]2CC[C@@]13CS(=O)(=O)N[C@]3(C(=O)CN=C(c1ccccc1)c1ccccc1)C2. The van der Waals surface area contributed by atoms with Crippen LogP contribution >= 0.6 is 0 Å². The van der Waals surface area contributed by atoms with Gasteiger partial charge in [-0.3, -0.25) is 9.79 Å². The maximum atomic E-state index is 13.7. The Morgan fingerprint density at radius 1 is 1.03 bits per heavy atom. The number of ketones is 1. The third kappa shape index (κ3) is 2.88. The van der Waals surface area contributed by atoms with E-state index in [1.165, 1.54) is 0 Å². The van der Waals surface area contributed by atoms with E-state index in [4.69, 9.17) is 4.99 Å². The molecule has 1 spiro atoms. The van der Waals surface area contributed by atoms with Gasteiger partial charge in [-0.05, 0) is 30.6 Å². The molecule has 2 bridgehead atoms. The average Bonchev–Trinajstić information content (AvgIpc) is 3.23. The van der Waals surface area contributed by atoms with Crippen molar-refractivity contribution in [3.63, 3.8) is 0 Å². The number of nitrogens with one attached hydrogen (secondary N) is 1. The van der Waals surface area contributed by atoms with Gasteiger partial charge in [-0.15, -0.1) is 0 Å². The normalized spacial score (nSPS) is 31.9. The fraction of sp³-hybridized carbons (Fsp3) is 0.440. The van der Waals surface area contributed by atoms with E-state index in [0.29, 0.717) is 12.3 Å². The number of aliphatic imine (C=N–C) groups is 1. The topological polar surface area (TPSA) is 75.6 Å². The first kappa shape index (κ1) is 20.6. The van der Waals surface area contributed by atoms with Crippen LogP contribution in [-0.4, -0.2) is 37.7 Å². The minimum absolute atomic E-state index is 0.0355. The fourth-order valence-electron chi connectivity index (χ4n) is 6.59. The van der Waals surface area contributed by atoms with Crippen molar-refractivity contribution in [2.75, 3.05) is 12.3 Å². The van der Waals surface area contributed by atoms with Gasteiger partial charge in [0, 0.05) is 16.5 Å². The quantitative estimate of drug-likeness (QED) is 0.728. The van der Waals surface area contributed by atoms with Crippen LogP contribution in [0.2, 0.25) is 0 Å². The van der Waals surface area contributed by atoms with Crippen molar-refractivity contribution < 1.29 is 13.2 Å². The Morgan fingerprint density at radius 3 is 2.16 bits per heavy atom. The summed E-state index contributed by atoms with van der Waals surface area (Å²) in [5.74, 6) is 0.294. The van der Waals surface area contributed by atoms with Crippen LogP contribution in [0.5, 0.6) is 0 Å². The van der Waals surface area contributed by atoms with Crippen molar-refractivity contribution >= 4 is 21.5 Å². The number of hydrogen-bond acceptors (Lipinski definition) is 4. The first-order chi connectivity index (χ1) is 14.7. The van der Waals surface area contributed by atoms with E-state index in [-0.39, 0.29) is 23.5 Å². The molecule has 1 saturated heterocycles. The number of fused-ring (bicyclic) bond motifs is 1. The standard InChI is InChI=1S/C25H28N2O3S/c1-23(2)20-13-14-24(23)17-31(29,30)27-25(24,15-20)21(28)16-26-22(18-9-5-3-6-10-18)19-11-7-4-8-12-19/h3-12,20,27H,13-17H2,1-2H3/t20-,24-,25+/m1/s1. The minimum atomic E-state index is -3.49. The summed E-state index contributed by atoms with van der Waals surface area (Å²) < 4.78 is 28.3. The highest BCUT2D eigenvalue weighted by atomic mass is 32.2. The van der Waals surface area contributed by atoms with E-state index >= 15 is 0 Å². The zero-order valence-corrected chi connectivity index (χ0v) is 18.8. The molecule has 0 radical (unpaired) electrons. The molecule has 2 aromatic rings. The summed E-state index contributed by atoms with van der Waals surface area (Å²) in [7, 11) is -3.49. The summed E-state index contributed by atoms with van der Waals surface area (Å²) >= 11 is 0. The molecule has 2 saturated carbocycles. The third-order valence-corrected chi connectivity index (χ3v) is 9.79. The molecule has 2 aliphatic carbocycles. The van der Waals surface area contributed by atoms with Gasteiger partial charge in [0.15, 0.2) is 5.78 Å². The summed E-state index contributed by atoms with van der Waals surface area (Å²) in [6, 6.07) is 19.6. The second kappa shape index (κ2) is 6.84. The van der Waals surface area contributed by atoms with Crippen LogP contribution in [0.25, 0.3) is 0 Å². The molecule has 2 aromatic carbocycles. The van der Waals surface area contributed by atoms with Crippen LogP contribution in [0.3, 0.4) is 0 Å². The van der Waals surface area contributed by atoms with Crippen molar-refractivity contribution in [3.8, 4) is 0 Å². The lowest BCUT2D eigenvalue weighted by Gasteiger charge is -2.43. The van der Waals surface area contributed by atoms with Crippen molar-refractivity contribution in [1.82, 2.24) is 4.72 Å². The summed E-state index contributed by atoms with van der Waals surface area (Å²) in [4.78, 5) is 18.5. The Morgan fingerprint density at radius 2 is 1.61 bits per heavy atom. The number of Topliss-reactive ketones (excluding diaryl/α,β-unsaturated/α-hetero) is 1. The molecular formula is C25H28N2O3S. The number of sulfonamides is 1. The molecule has 6 heteroatoms. The Hall–Kier alpha value is -2.31. The van der Waals surface area contributed by atoms with Gasteiger partial charge in [-0.2, -0.15) is 0 Å². The lowest BCUT2D eigenvalue weighted by Crippen LogP contribution is -2.59. The third-order valence-electron chi connectivity index (χ3n) is 8.26. The molecule has 5 rings (SSSR count). The van der Waals surface area contributed by atoms with Crippen LogP contribution < -0.4 is 4.72 Å². The van der Waals surface area contributed by atoms with Gasteiger partial charge < -0.3 is 0 Å². The van der Waals surface area contributed by atoms with Gasteiger partial charge in [0.05, 0.1) is 11.5 Å². The van der Waals surface area contributed by atoms with E-state index in [2.05, 4.69) is 18.6 Å². The second-order valence-electron chi connectivity index (χ2n) is 9.83. The number of nitrogens with zero attached hydrogens (tertiary/aromatic N) is 1. The Kier molecular flexibility index (Phi) is 4.54. The van der Waals surface area contributed by atoms with Gasteiger partial charge in [0.1, 0.15) is 12.1 Å². The van der Waals surface area contributed by atoms with E-state index in [9.17, 15) is 13.2 Å². The fourth-order valence-corrected chi connectivity index (χ4v) is 9.00. The summed E-state index contributed by atoms with van der Waals surface area (Å²) in [6.07, 6.45) is 2.35. The molecule has 1 N–H and O–H groups in total. The maximum Gasteiger partial charge on any atom is 0.213 e. The van der Waals surface area contributed by atoms with Gasteiger partial charge in [-0.25, -0.2) is 13.1 Å². The lowest BCUT2D eigenvalue weighted by molar-refractivity contribution is -0.128. The van der Waals surface area contributed by atoms with E-state index in [1.54, 1.807) is 0 Å². The summed E-state index contributed by atoms with van der Waals surface area (Å²) in [5, 5.41) is 0.